The number of carboxylic acid groups (broad SMARTS) is 1. The van der Waals surface area contributed by atoms with Crippen molar-refractivity contribution >= 4 is 12.0 Å². The van der Waals surface area contributed by atoms with Crippen LogP contribution < -0.4 is 5.32 Å². The van der Waals surface area contributed by atoms with Crippen molar-refractivity contribution in [3.8, 4) is 0 Å². The third kappa shape index (κ3) is 4.87. The quantitative estimate of drug-likeness (QED) is 0.771. The monoisotopic (exact) mass is 351 g/mol. The topological polar surface area (TPSA) is 72.9 Å². The summed E-state index contributed by atoms with van der Waals surface area (Å²) in [5, 5.41) is 12.2. The van der Waals surface area contributed by atoms with Gasteiger partial charge < -0.3 is 15.3 Å². The minimum absolute atomic E-state index is 0.0862. The molecule has 0 bridgehead atoms. The summed E-state index contributed by atoms with van der Waals surface area (Å²) >= 11 is 0. The first kappa shape index (κ1) is 18.5. The normalized spacial score (nSPS) is 28.2. The molecule has 2 atom stereocenters. The summed E-state index contributed by atoms with van der Waals surface area (Å²) in [6.45, 7) is 4.30. The van der Waals surface area contributed by atoms with E-state index >= 15 is 0 Å². The smallest absolute Gasteiger partial charge is 0.317 e. The fourth-order valence-corrected chi connectivity index (χ4v) is 4.82. The summed E-state index contributed by atoms with van der Waals surface area (Å²) in [5.41, 5.74) is 0. The molecule has 0 aromatic carbocycles. The second-order valence-electron chi connectivity index (χ2n) is 8.03. The van der Waals surface area contributed by atoms with Gasteiger partial charge in [0.25, 0.3) is 0 Å². The number of rotatable bonds is 6. The Kier molecular flexibility index (Phi) is 6.20. The summed E-state index contributed by atoms with van der Waals surface area (Å²) in [5.74, 6) is 0.774. The summed E-state index contributed by atoms with van der Waals surface area (Å²) in [6.07, 6.45) is 9.69. The number of piperidine rings is 1. The third-order valence-electron chi connectivity index (χ3n) is 6.42. The minimum atomic E-state index is -0.774. The Morgan fingerprint density at radius 1 is 1.12 bits per heavy atom. The molecular formula is C19H33N3O3. The predicted molar refractivity (Wildman–Crippen MR) is 96.5 cm³/mol. The van der Waals surface area contributed by atoms with Crippen molar-refractivity contribution in [3.63, 3.8) is 0 Å². The van der Waals surface area contributed by atoms with Crippen LogP contribution in [0, 0.1) is 11.8 Å². The number of amides is 2. The Balaban J connectivity index is 1.39. The second kappa shape index (κ2) is 8.39. The lowest BCUT2D eigenvalue weighted by Gasteiger charge is -2.37. The Labute approximate surface area is 150 Å². The summed E-state index contributed by atoms with van der Waals surface area (Å²) in [6, 6.07) is 0.761. The molecule has 3 fully saturated rings. The van der Waals surface area contributed by atoms with Crippen molar-refractivity contribution in [2.45, 2.75) is 70.4 Å². The van der Waals surface area contributed by atoms with Gasteiger partial charge in [-0.25, -0.2) is 4.79 Å². The first-order valence-electron chi connectivity index (χ1n) is 10.1. The van der Waals surface area contributed by atoms with Crippen molar-refractivity contribution in [3.05, 3.63) is 0 Å². The standard InChI is InChI=1S/C19H33N3O3/c1-2-21(13-18(23)24)15-8-10-22(11-9-15)19(25)20-17-12-16(17)14-6-4-3-5-7-14/h14-17H,2-13H2,1H3,(H,20,25)(H,23,24). The SMILES string of the molecule is CCN(CC(=O)O)C1CCN(C(=O)NC2CC2C2CCCCC2)CC1. The molecule has 2 amide bonds. The number of carbonyl (C=O) groups excluding carboxylic acids is 1. The Morgan fingerprint density at radius 2 is 1.80 bits per heavy atom. The Morgan fingerprint density at radius 3 is 2.40 bits per heavy atom. The van der Waals surface area contributed by atoms with Gasteiger partial charge in [-0.2, -0.15) is 0 Å². The van der Waals surface area contributed by atoms with Gasteiger partial charge >= 0.3 is 12.0 Å². The molecule has 2 unspecified atom stereocenters. The number of likely N-dealkylation sites (N-methyl/N-ethyl adjacent to an activating group) is 1. The number of nitrogens with zero attached hydrogens (tertiary/aromatic N) is 2. The molecule has 1 saturated heterocycles. The van der Waals surface area contributed by atoms with E-state index in [1.54, 1.807) is 0 Å². The van der Waals surface area contributed by atoms with Gasteiger partial charge in [0.05, 0.1) is 6.54 Å². The Bertz CT molecular complexity index is 471. The molecule has 0 aromatic rings. The van der Waals surface area contributed by atoms with Crippen molar-refractivity contribution < 1.29 is 14.7 Å². The molecular weight excluding hydrogens is 318 g/mol. The van der Waals surface area contributed by atoms with Crippen LogP contribution in [0.1, 0.15) is 58.3 Å². The van der Waals surface area contributed by atoms with Crippen LogP contribution in [0.3, 0.4) is 0 Å². The molecule has 0 aromatic heterocycles. The van der Waals surface area contributed by atoms with Crippen LogP contribution in [-0.2, 0) is 4.79 Å². The summed E-state index contributed by atoms with van der Waals surface area (Å²) in [7, 11) is 0. The summed E-state index contributed by atoms with van der Waals surface area (Å²) in [4.78, 5) is 27.4. The van der Waals surface area contributed by atoms with E-state index in [1.165, 1.54) is 32.1 Å². The zero-order valence-electron chi connectivity index (χ0n) is 15.5. The molecule has 2 N–H and O–H groups in total. The van der Waals surface area contributed by atoms with Gasteiger partial charge in [-0.3, -0.25) is 9.69 Å². The van der Waals surface area contributed by atoms with Crippen molar-refractivity contribution in [2.75, 3.05) is 26.2 Å². The van der Waals surface area contributed by atoms with Crippen LogP contribution in [0.2, 0.25) is 0 Å². The maximum Gasteiger partial charge on any atom is 0.317 e. The van der Waals surface area contributed by atoms with E-state index < -0.39 is 5.97 Å². The Hall–Kier alpha value is -1.30. The van der Waals surface area contributed by atoms with Crippen molar-refractivity contribution in [1.29, 1.82) is 0 Å². The number of aliphatic carboxylic acids is 1. The fraction of sp³-hybridized carbons (Fsp3) is 0.895. The van der Waals surface area contributed by atoms with E-state index in [2.05, 4.69) is 5.32 Å². The molecule has 2 aliphatic carbocycles. The van der Waals surface area contributed by atoms with Gasteiger partial charge in [0.1, 0.15) is 0 Å². The lowest BCUT2D eigenvalue weighted by Crippen LogP contribution is -2.51. The lowest BCUT2D eigenvalue weighted by molar-refractivity contribution is -0.139. The minimum Gasteiger partial charge on any atom is -0.480 e. The van der Waals surface area contributed by atoms with Crippen LogP contribution in [-0.4, -0.2) is 65.2 Å². The van der Waals surface area contributed by atoms with Gasteiger partial charge in [0, 0.05) is 25.2 Å². The van der Waals surface area contributed by atoms with Gasteiger partial charge in [-0.05, 0) is 37.6 Å². The first-order valence-corrected chi connectivity index (χ1v) is 10.1. The zero-order chi connectivity index (χ0) is 17.8. The first-order chi connectivity index (χ1) is 12.1. The molecule has 3 aliphatic rings. The number of hydrogen-bond donors (Lipinski definition) is 2. The number of carbonyl (C=O) groups is 2. The molecule has 0 radical (unpaired) electrons. The number of carboxylic acids is 1. The third-order valence-corrected chi connectivity index (χ3v) is 6.42. The molecule has 2 saturated carbocycles. The second-order valence-corrected chi connectivity index (χ2v) is 8.03. The van der Waals surface area contributed by atoms with E-state index in [1.807, 2.05) is 16.7 Å². The highest BCUT2D eigenvalue weighted by Crippen LogP contribution is 2.44. The molecule has 142 valence electrons. The van der Waals surface area contributed by atoms with Crippen LogP contribution >= 0.6 is 0 Å². The van der Waals surface area contributed by atoms with Crippen LogP contribution in [0.15, 0.2) is 0 Å². The van der Waals surface area contributed by atoms with Gasteiger partial charge in [0.15, 0.2) is 0 Å². The number of nitrogens with one attached hydrogen (secondary N) is 1. The van der Waals surface area contributed by atoms with Crippen LogP contribution in [0.4, 0.5) is 4.79 Å². The highest BCUT2D eigenvalue weighted by molar-refractivity contribution is 5.75. The predicted octanol–water partition coefficient (Wildman–Crippen LogP) is 2.54. The molecule has 1 aliphatic heterocycles. The number of urea groups is 1. The molecule has 25 heavy (non-hydrogen) atoms. The molecule has 6 heteroatoms. The van der Waals surface area contributed by atoms with E-state index in [-0.39, 0.29) is 18.6 Å². The van der Waals surface area contributed by atoms with Crippen molar-refractivity contribution in [2.24, 2.45) is 11.8 Å². The molecule has 3 rings (SSSR count). The maximum absolute atomic E-state index is 12.5. The number of hydrogen-bond acceptors (Lipinski definition) is 3. The average Bonchev–Trinajstić information content (AvgIpc) is 3.39. The summed E-state index contributed by atoms with van der Waals surface area (Å²) < 4.78 is 0. The van der Waals surface area contributed by atoms with E-state index in [0.717, 1.165) is 44.8 Å². The van der Waals surface area contributed by atoms with E-state index in [9.17, 15) is 9.59 Å². The van der Waals surface area contributed by atoms with E-state index in [4.69, 9.17) is 5.11 Å². The van der Waals surface area contributed by atoms with E-state index in [0.29, 0.717) is 12.0 Å². The molecule has 1 heterocycles. The van der Waals surface area contributed by atoms with Gasteiger partial charge in [-0.15, -0.1) is 0 Å². The van der Waals surface area contributed by atoms with Crippen molar-refractivity contribution in [1.82, 2.24) is 15.1 Å². The average molecular weight is 351 g/mol. The number of likely N-dealkylation sites (tertiary alicyclic amines) is 1. The zero-order valence-corrected chi connectivity index (χ0v) is 15.5. The lowest BCUT2D eigenvalue weighted by atomic mass is 9.85. The van der Waals surface area contributed by atoms with Crippen LogP contribution in [0.5, 0.6) is 0 Å². The maximum atomic E-state index is 12.5. The molecule has 0 spiro atoms. The highest BCUT2D eigenvalue weighted by atomic mass is 16.4. The van der Waals surface area contributed by atoms with Crippen LogP contribution in [0.25, 0.3) is 0 Å². The fourth-order valence-electron chi connectivity index (χ4n) is 4.82. The van der Waals surface area contributed by atoms with Gasteiger partial charge in [0.2, 0.25) is 0 Å². The highest BCUT2D eigenvalue weighted by Gasteiger charge is 2.44. The van der Waals surface area contributed by atoms with Gasteiger partial charge in [-0.1, -0.05) is 39.0 Å². The molecule has 6 nitrogen and oxygen atoms in total. The largest absolute Gasteiger partial charge is 0.480 e.